The van der Waals surface area contributed by atoms with Gasteiger partial charge in [0.05, 0.1) is 5.69 Å². The summed E-state index contributed by atoms with van der Waals surface area (Å²) >= 11 is 5.92. The summed E-state index contributed by atoms with van der Waals surface area (Å²) in [5.41, 5.74) is 0.417. The van der Waals surface area contributed by atoms with Crippen LogP contribution < -0.4 is 9.62 Å². The zero-order valence-electron chi connectivity index (χ0n) is 18.2. The number of nitrogens with zero attached hydrogens (tertiary/aromatic N) is 3. The molecule has 0 fully saturated rings. The van der Waals surface area contributed by atoms with Crippen LogP contribution in [0.5, 0.6) is 0 Å². The van der Waals surface area contributed by atoms with Crippen molar-refractivity contribution in [3.63, 3.8) is 0 Å². The highest BCUT2D eigenvalue weighted by atomic mass is 35.5. The van der Waals surface area contributed by atoms with Gasteiger partial charge in [0.1, 0.15) is 18.4 Å². The molecular formula is C21H26ClFN4O4S. The lowest BCUT2D eigenvalue weighted by atomic mass is 10.1. The first kappa shape index (κ1) is 25.6. The largest absolute Gasteiger partial charge is 0.357 e. The SMILES string of the molecule is CNC(=O)C(C)N(Cc1ccc(Cl)cc1)C(=O)CN(c1ccccc1F)S(=O)(=O)N(C)C. The van der Waals surface area contributed by atoms with Crippen LogP contribution in [0.4, 0.5) is 10.1 Å². The van der Waals surface area contributed by atoms with Crippen LogP contribution in [0.2, 0.25) is 5.02 Å². The molecule has 0 aliphatic rings. The van der Waals surface area contributed by atoms with Gasteiger partial charge in [0, 0.05) is 32.7 Å². The van der Waals surface area contributed by atoms with Crippen LogP contribution in [-0.2, 0) is 26.3 Å². The van der Waals surface area contributed by atoms with Crippen molar-refractivity contribution in [2.45, 2.75) is 19.5 Å². The second-order valence-corrected chi connectivity index (χ2v) is 9.69. The number of carbonyl (C=O) groups is 2. The molecule has 0 saturated carbocycles. The molecule has 2 aromatic rings. The van der Waals surface area contributed by atoms with E-state index in [0.717, 1.165) is 10.4 Å². The third-order valence-corrected chi connectivity index (χ3v) is 6.88. The Morgan fingerprint density at radius 3 is 2.22 bits per heavy atom. The van der Waals surface area contributed by atoms with E-state index in [1.165, 1.54) is 51.2 Å². The number of amides is 2. The minimum atomic E-state index is -4.21. The van der Waals surface area contributed by atoms with E-state index in [1.807, 2.05) is 0 Å². The highest BCUT2D eigenvalue weighted by Crippen LogP contribution is 2.24. The van der Waals surface area contributed by atoms with Crippen LogP contribution in [0.1, 0.15) is 12.5 Å². The van der Waals surface area contributed by atoms with Gasteiger partial charge in [-0.15, -0.1) is 0 Å². The first-order valence-corrected chi connectivity index (χ1v) is 11.5. The van der Waals surface area contributed by atoms with Crippen molar-refractivity contribution in [2.75, 3.05) is 32.0 Å². The predicted molar refractivity (Wildman–Crippen MR) is 122 cm³/mol. The van der Waals surface area contributed by atoms with E-state index in [0.29, 0.717) is 14.9 Å². The number of halogens is 2. The molecule has 0 aliphatic heterocycles. The van der Waals surface area contributed by atoms with Crippen molar-refractivity contribution in [2.24, 2.45) is 0 Å². The number of benzene rings is 2. The van der Waals surface area contributed by atoms with E-state index < -0.39 is 40.4 Å². The molecule has 0 bridgehead atoms. The monoisotopic (exact) mass is 484 g/mol. The Morgan fingerprint density at radius 1 is 1.09 bits per heavy atom. The number of para-hydroxylation sites is 1. The molecule has 11 heteroatoms. The van der Waals surface area contributed by atoms with Gasteiger partial charge in [0.15, 0.2) is 0 Å². The second-order valence-electron chi connectivity index (χ2n) is 7.19. The molecule has 2 aromatic carbocycles. The zero-order valence-corrected chi connectivity index (χ0v) is 19.8. The number of hydrogen-bond donors (Lipinski definition) is 1. The predicted octanol–water partition coefficient (Wildman–Crippen LogP) is 2.26. The lowest BCUT2D eigenvalue weighted by Gasteiger charge is -2.32. The molecule has 0 radical (unpaired) electrons. The summed E-state index contributed by atoms with van der Waals surface area (Å²) in [6.45, 7) is 0.856. The van der Waals surface area contributed by atoms with Gasteiger partial charge in [-0.3, -0.25) is 9.59 Å². The van der Waals surface area contributed by atoms with E-state index in [9.17, 15) is 22.4 Å². The summed E-state index contributed by atoms with van der Waals surface area (Å²) in [5, 5.41) is 2.99. The highest BCUT2D eigenvalue weighted by molar-refractivity contribution is 7.90. The maximum Gasteiger partial charge on any atom is 0.304 e. The van der Waals surface area contributed by atoms with E-state index >= 15 is 0 Å². The maximum atomic E-state index is 14.5. The summed E-state index contributed by atoms with van der Waals surface area (Å²) in [7, 11) is -0.207. The van der Waals surface area contributed by atoms with Crippen LogP contribution in [0, 0.1) is 5.82 Å². The van der Waals surface area contributed by atoms with Crippen molar-refractivity contribution in [3.8, 4) is 0 Å². The number of likely N-dealkylation sites (N-methyl/N-ethyl adjacent to an activating group) is 1. The standard InChI is InChI=1S/C21H26ClFN4O4S/c1-15(21(29)24-2)26(13-16-9-11-17(22)12-10-16)20(28)14-27(32(30,31)25(3)4)19-8-6-5-7-18(19)23/h5-12,15H,13-14H2,1-4H3,(H,24,29). The minimum absolute atomic E-state index is 0.0255. The second kappa shape index (κ2) is 10.8. The van der Waals surface area contributed by atoms with Gasteiger partial charge in [0.25, 0.3) is 0 Å². The van der Waals surface area contributed by atoms with Gasteiger partial charge >= 0.3 is 10.2 Å². The Balaban J connectivity index is 2.45. The van der Waals surface area contributed by atoms with Gasteiger partial charge in [-0.25, -0.2) is 8.70 Å². The third-order valence-electron chi connectivity index (χ3n) is 4.82. The molecule has 1 unspecified atom stereocenters. The molecular weight excluding hydrogens is 459 g/mol. The average molecular weight is 485 g/mol. The van der Waals surface area contributed by atoms with Crippen LogP contribution in [0.25, 0.3) is 0 Å². The molecule has 0 spiro atoms. The van der Waals surface area contributed by atoms with Crippen LogP contribution in [0.3, 0.4) is 0 Å². The van der Waals surface area contributed by atoms with Crippen molar-refractivity contribution in [3.05, 3.63) is 64.9 Å². The number of hydrogen-bond acceptors (Lipinski definition) is 4. The summed E-state index contributed by atoms with van der Waals surface area (Å²) in [6.07, 6.45) is 0. The van der Waals surface area contributed by atoms with E-state index in [4.69, 9.17) is 11.6 Å². The maximum absolute atomic E-state index is 14.5. The average Bonchev–Trinajstić information content (AvgIpc) is 2.76. The molecule has 0 saturated heterocycles. The number of carbonyl (C=O) groups excluding carboxylic acids is 2. The lowest BCUT2D eigenvalue weighted by molar-refractivity contribution is -0.139. The Kier molecular flexibility index (Phi) is 8.59. The van der Waals surface area contributed by atoms with E-state index in [1.54, 1.807) is 24.3 Å². The molecule has 1 atom stereocenters. The van der Waals surface area contributed by atoms with Gasteiger partial charge in [-0.1, -0.05) is 35.9 Å². The lowest BCUT2D eigenvalue weighted by Crippen LogP contribution is -2.52. The number of anilines is 1. The van der Waals surface area contributed by atoms with Gasteiger partial charge < -0.3 is 10.2 Å². The molecule has 2 amide bonds. The molecule has 0 aromatic heterocycles. The smallest absolute Gasteiger partial charge is 0.304 e. The number of nitrogens with one attached hydrogen (secondary N) is 1. The first-order valence-electron chi connectivity index (χ1n) is 9.69. The highest BCUT2D eigenvalue weighted by Gasteiger charge is 2.33. The Hall–Kier alpha value is -2.69. The minimum Gasteiger partial charge on any atom is -0.357 e. The topological polar surface area (TPSA) is 90.0 Å². The van der Waals surface area contributed by atoms with E-state index in [-0.39, 0.29) is 12.2 Å². The van der Waals surface area contributed by atoms with Crippen molar-refractivity contribution < 1.29 is 22.4 Å². The summed E-state index contributed by atoms with van der Waals surface area (Å²) in [4.78, 5) is 26.8. The van der Waals surface area contributed by atoms with E-state index in [2.05, 4.69) is 5.32 Å². The molecule has 174 valence electrons. The summed E-state index contributed by atoms with van der Waals surface area (Å²) in [5.74, 6) is -1.90. The molecule has 32 heavy (non-hydrogen) atoms. The van der Waals surface area contributed by atoms with Crippen LogP contribution in [-0.4, -0.2) is 63.2 Å². The Bertz CT molecular complexity index is 1060. The van der Waals surface area contributed by atoms with Crippen molar-refractivity contribution in [1.82, 2.24) is 14.5 Å². The molecule has 0 heterocycles. The van der Waals surface area contributed by atoms with Crippen LogP contribution >= 0.6 is 11.6 Å². The normalized spacial score (nSPS) is 12.3. The fourth-order valence-electron chi connectivity index (χ4n) is 2.93. The summed E-state index contributed by atoms with van der Waals surface area (Å²) < 4.78 is 41.9. The Labute approximate surface area is 192 Å². The van der Waals surface area contributed by atoms with Crippen molar-refractivity contribution in [1.29, 1.82) is 0 Å². The summed E-state index contributed by atoms with van der Waals surface area (Å²) in [6, 6.07) is 11.0. The van der Waals surface area contributed by atoms with Crippen LogP contribution in [0.15, 0.2) is 48.5 Å². The molecule has 2 rings (SSSR count). The molecule has 0 aliphatic carbocycles. The number of rotatable bonds is 9. The fraction of sp³-hybridized carbons (Fsp3) is 0.333. The quantitative estimate of drug-likeness (QED) is 0.591. The third kappa shape index (κ3) is 5.96. The van der Waals surface area contributed by atoms with Gasteiger partial charge in [-0.05, 0) is 36.8 Å². The fourth-order valence-corrected chi connectivity index (χ4v) is 4.12. The van der Waals surface area contributed by atoms with Crippen molar-refractivity contribution >= 4 is 39.3 Å². The van der Waals surface area contributed by atoms with Gasteiger partial charge in [-0.2, -0.15) is 12.7 Å². The Morgan fingerprint density at radius 2 is 1.69 bits per heavy atom. The van der Waals surface area contributed by atoms with Gasteiger partial charge in [0.2, 0.25) is 11.8 Å². The molecule has 1 N–H and O–H groups in total. The zero-order chi connectivity index (χ0) is 24.1. The molecule has 8 nitrogen and oxygen atoms in total. The first-order chi connectivity index (χ1) is 15.0.